The van der Waals surface area contributed by atoms with E-state index in [1.165, 1.54) is 11.3 Å². The number of imidazole rings is 1. The van der Waals surface area contributed by atoms with Gasteiger partial charge in [0.05, 0.1) is 24.4 Å². The molecule has 3 aromatic heterocycles. The van der Waals surface area contributed by atoms with Gasteiger partial charge in [0.15, 0.2) is 5.82 Å². The fourth-order valence-electron chi connectivity index (χ4n) is 3.05. The highest BCUT2D eigenvalue weighted by molar-refractivity contribution is 7.20. The lowest BCUT2D eigenvalue weighted by molar-refractivity contribution is 0.378. The number of aromatic nitrogens is 5. The molecule has 150 valence electrons. The Bertz CT molecular complexity index is 1250. The standard InChI is InChI=1S/C21H17ClN6OS/c1-13(19-25-18(29-27-19)11-14-5-3-2-4-6-14)23-20-26-28-12-17(24-21(28)30-20)15-7-9-16(22)10-8-15/h2-10,12-13H,11H2,1H3,(H,23,26). The molecule has 0 amide bonds. The van der Waals surface area contributed by atoms with Crippen molar-refractivity contribution in [3.8, 4) is 11.3 Å². The molecule has 0 saturated carbocycles. The van der Waals surface area contributed by atoms with E-state index in [2.05, 4.69) is 25.5 Å². The molecule has 5 aromatic rings. The summed E-state index contributed by atoms with van der Waals surface area (Å²) in [4.78, 5) is 9.96. The molecular weight excluding hydrogens is 420 g/mol. The molecule has 0 aliphatic heterocycles. The SMILES string of the molecule is CC(Nc1nn2cc(-c3ccc(Cl)cc3)nc2s1)c1noc(Cc2ccccc2)n1. The third kappa shape index (κ3) is 3.92. The maximum atomic E-state index is 5.96. The van der Waals surface area contributed by atoms with Crippen molar-refractivity contribution >= 4 is 33.0 Å². The van der Waals surface area contributed by atoms with Crippen molar-refractivity contribution in [2.75, 3.05) is 5.32 Å². The van der Waals surface area contributed by atoms with Gasteiger partial charge in [-0.25, -0.2) is 9.50 Å². The predicted molar refractivity (Wildman–Crippen MR) is 117 cm³/mol. The fraction of sp³-hybridized carbons (Fsp3) is 0.143. The highest BCUT2D eigenvalue weighted by atomic mass is 35.5. The van der Waals surface area contributed by atoms with Crippen LogP contribution in [0.15, 0.2) is 65.3 Å². The smallest absolute Gasteiger partial charge is 0.231 e. The maximum absolute atomic E-state index is 5.96. The predicted octanol–water partition coefficient (Wildman–Crippen LogP) is 5.26. The third-order valence-electron chi connectivity index (χ3n) is 4.59. The zero-order valence-corrected chi connectivity index (χ0v) is 17.6. The second-order valence-electron chi connectivity index (χ2n) is 6.84. The Morgan fingerprint density at radius 3 is 2.67 bits per heavy atom. The minimum atomic E-state index is -0.148. The molecule has 0 radical (unpaired) electrons. The van der Waals surface area contributed by atoms with Crippen molar-refractivity contribution in [2.24, 2.45) is 0 Å². The van der Waals surface area contributed by atoms with E-state index in [1.807, 2.05) is 67.7 Å². The van der Waals surface area contributed by atoms with Gasteiger partial charge in [-0.05, 0) is 24.6 Å². The summed E-state index contributed by atoms with van der Waals surface area (Å²) in [6, 6.07) is 17.5. The number of fused-ring (bicyclic) bond motifs is 1. The van der Waals surface area contributed by atoms with Crippen LogP contribution in [0.2, 0.25) is 5.02 Å². The van der Waals surface area contributed by atoms with Crippen molar-refractivity contribution in [3.05, 3.63) is 83.1 Å². The van der Waals surface area contributed by atoms with E-state index in [-0.39, 0.29) is 6.04 Å². The zero-order valence-electron chi connectivity index (χ0n) is 16.0. The monoisotopic (exact) mass is 436 g/mol. The van der Waals surface area contributed by atoms with Gasteiger partial charge in [-0.1, -0.05) is 70.6 Å². The molecule has 5 rings (SSSR count). The molecule has 1 unspecified atom stereocenters. The van der Waals surface area contributed by atoms with Crippen LogP contribution in [0.5, 0.6) is 0 Å². The highest BCUT2D eigenvalue weighted by Crippen LogP contribution is 2.27. The van der Waals surface area contributed by atoms with E-state index in [4.69, 9.17) is 16.1 Å². The van der Waals surface area contributed by atoms with Crippen LogP contribution < -0.4 is 5.32 Å². The number of benzene rings is 2. The molecule has 1 atom stereocenters. The first-order valence-electron chi connectivity index (χ1n) is 9.39. The molecule has 0 aliphatic carbocycles. The second-order valence-corrected chi connectivity index (χ2v) is 8.23. The first-order valence-corrected chi connectivity index (χ1v) is 10.6. The van der Waals surface area contributed by atoms with Gasteiger partial charge in [-0.2, -0.15) is 4.98 Å². The van der Waals surface area contributed by atoms with Gasteiger partial charge in [0, 0.05) is 10.6 Å². The Morgan fingerprint density at radius 2 is 1.90 bits per heavy atom. The summed E-state index contributed by atoms with van der Waals surface area (Å²) >= 11 is 7.42. The first-order chi connectivity index (χ1) is 14.6. The zero-order chi connectivity index (χ0) is 20.5. The van der Waals surface area contributed by atoms with Crippen molar-refractivity contribution in [1.82, 2.24) is 24.7 Å². The summed E-state index contributed by atoms with van der Waals surface area (Å²) in [5.74, 6) is 1.18. The molecule has 0 fully saturated rings. The van der Waals surface area contributed by atoms with E-state index < -0.39 is 0 Å². The van der Waals surface area contributed by atoms with E-state index in [9.17, 15) is 0 Å². The fourth-order valence-corrected chi connectivity index (χ4v) is 4.05. The van der Waals surface area contributed by atoms with Gasteiger partial charge in [0.1, 0.15) is 0 Å². The van der Waals surface area contributed by atoms with Crippen LogP contribution in [0.3, 0.4) is 0 Å². The lowest BCUT2D eigenvalue weighted by Crippen LogP contribution is -2.08. The van der Waals surface area contributed by atoms with Gasteiger partial charge >= 0.3 is 0 Å². The number of hydrogen-bond donors (Lipinski definition) is 1. The molecule has 0 spiro atoms. The summed E-state index contributed by atoms with van der Waals surface area (Å²) in [6.45, 7) is 1.97. The largest absolute Gasteiger partial charge is 0.350 e. The number of anilines is 1. The molecular formula is C21H17ClN6OS. The van der Waals surface area contributed by atoms with Crippen LogP contribution in [-0.4, -0.2) is 24.7 Å². The molecule has 9 heteroatoms. The van der Waals surface area contributed by atoms with Gasteiger partial charge in [-0.3, -0.25) is 0 Å². The minimum Gasteiger partial charge on any atom is -0.350 e. The molecule has 0 bridgehead atoms. The highest BCUT2D eigenvalue weighted by Gasteiger charge is 2.17. The lowest BCUT2D eigenvalue weighted by atomic mass is 10.1. The first kappa shape index (κ1) is 18.8. The van der Waals surface area contributed by atoms with Gasteiger partial charge in [-0.15, -0.1) is 5.10 Å². The summed E-state index contributed by atoms with van der Waals surface area (Å²) in [7, 11) is 0. The Kier molecular flexibility index (Phi) is 4.94. The number of nitrogens with one attached hydrogen (secondary N) is 1. The van der Waals surface area contributed by atoms with Crippen molar-refractivity contribution in [2.45, 2.75) is 19.4 Å². The molecule has 30 heavy (non-hydrogen) atoms. The Balaban J connectivity index is 1.28. The summed E-state index contributed by atoms with van der Waals surface area (Å²) in [6.07, 6.45) is 2.51. The van der Waals surface area contributed by atoms with Crippen LogP contribution in [0, 0.1) is 0 Å². The average Bonchev–Trinajstić information content (AvgIpc) is 3.44. The van der Waals surface area contributed by atoms with Gasteiger partial charge < -0.3 is 9.84 Å². The summed E-state index contributed by atoms with van der Waals surface area (Å²) < 4.78 is 7.16. The maximum Gasteiger partial charge on any atom is 0.231 e. The molecule has 3 heterocycles. The van der Waals surface area contributed by atoms with Crippen molar-refractivity contribution < 1.29 is 4.52 Å². The Labute approximate surface area is 181 Å². The summed E-state index contributed by atoms with van der Waals surface area (Å²) in [5.41, 5.74) is 2.98. The normalized spacial score (nSPS) is 12.3. The van der Waals surface area contributed by atoms with E-state index in [1.54, 1.807) is 4.52 Å². The van der Waals surface area contributed by atoms with E-state index in [0.717, 1.165) is 26.9 Å². The number of nitrogens with zero attached hydrogens (tertiary/aromatic N) is 5. The van der Waals surface area contributed by atoms with Gasteiger partial charge in [0.25, 0.3) is 0 Å². The third-order valence-corrected chi connectivity index (χ3v) is 5.70. The molecule has 7 nitrogen and oxygen atoms in total. The second kappa shape index (κ2) is 7.89. The minimum absolute atomic E-state index is 0.148. The van der Waals surface area contributed by atoms with Crippen LogP contribution in [0.4, 0.5) is 5.13 Å². The topological polar surface area (TPSA) is 81.1 Å². The van der Waals surface area contributed by atoms with Crippen molar-refractivity contribution in [1.29, 1.82) is 0 Å². The van der Waals surface area contributed by atoms with Crippen LogP contribution >= 0.6 is 22.9 Å². The number of rotatable bonds is 6. The summed E-state index contributed by atoms with van der Waals surface area (Å²) in [5, 5.41) is 13.4. The quantitative estimate of drug-likeness (QED) is 0.391. The molecule has 0 aliphatic rings. The van der Waals surface area contributed by atoms with E-state index >= 15 is 0 Å². The van der Waals surface area contributed by atoms with Crippen molar-refractivity contribution in [3.63, 3.8) is 0 Å². The van der Waals surface area contributed by atoms with Crippen LogP contribution in [-0.2, 0) is 6.42 Å². The molecule has 1 N–H and O–H groups in total. The Morgan fingerprint density at radius 1 is 1.10 bits per heavy atom. The van der Waals surface area contributed by atoms with Gasteiger partial charge in [0.2, 0.25) is 16.0 Å². The van der Waals surface area contributed by atoms with Crippen LogP contribution in [0.25, 0.3) is 16.2 Å². The average molecular weight is 437 g/mol. The van der Waals surface area contributed by atoms with E-state index in [0.29, 0.717) is 23.2 Å². The Hall–Kier alpha value is -3.23. The molecule has 2 aromatic carbocycles. The van der Waals surface area contributed by atoms with Crippen LogP contribution in [0.1, 0.15) is 30.2 Å². The number of halogens is 1. The number of hydrogen-bond acceptors (Lipinski definition) is 7. The lowest BCUT2D eigenvalue weighted by Gasteiger charge is -2.06. The molecule has 0 saturated heterocycles.